The molecule has 0 unspecified atom stereocenters. The van der Waals surface area contributed by atoms with Crippen LogP contribution >= 0.6 is 0 Å². The Balaban J connectivity index is 3.07. The van der Waals surface area contributed by atoms with Crippen LogP contribution in [0.3, 0.4) is 0 Å². The number of hydrogen-bond acceptors (Lipinski definition) is 5. The SMILES string of the molecule is COC(=O)c1ccc(ON)c(OC)c1. The van der Waals surface area contributed by atoms with E-state index < -0.39 is 5.97 Å². The van der Waals surface area contributed by atoms with Gasteiger partial charge in [0.15, 0.2) is 11.5 Å². The third-order valence-electron chi connectivity index (χ3n) is 1.71. The fourth-order valence-electron chi connectivity index (χ4n) is 1.01. The van der Waals surface area contributed by atoms with E-state index in [1.54, 1.807) is 0 Å². The fraction of sp³-hybridized carbons (Fsp3) is 0.222. The average molecular weight is 197 g/mol. The van der Waals surface area contributed by atoms with E-state index in [2.05, 4.69) is 9.57 Å². The van der Waals surface area contributed by atoms with Crippen LogP contribution in [0.2, 0.25) is 0 Å². The molecule has 0 aromatic heterocycles. The second kappa shape index (κ2) is 4.48. The standard InChI is InChI=1S/C9H11NO4/c1-12-8-5-6(9(11)13-2)3-4-7(8)14-10/h3-5H,10H2,1-2H3. The maximum atomic E-state index is 11.1. The Hall–Kier alpha value is -1.75. The summed E-state index contributed by atoms with van der Waals surface area (Å²) in [5.74, 6) is 5.30. The molecule has 1 aromatic carbocycles. The van der Waals surface area contributed by atoms with Gasteiger partial charge in [0.2, 0.25) is 0 Å². The molecule has 0 saturated carbocycles. The smallest absolute Gasteiger partial charge is 0.337 e. The average Bonchev–Trinajstić information content (AvgIpc) is 2.26. The van der Waals surface area contributed by atoms with Crippen molar-refractivity contribution in [3.8, 4) is 11.5 Å². The quantitative estimate of drug-likeness (QED) is 0.571. The second-order valence-electron chi connectivity index (χ2n) is 2.48. The molecule has 2 N–H and O–H groups in total. The van der Waals surface area contributed by atoms with Crippen molar-refractivity contribution in [1.29, 1.82) is 0 Å². The molecule has 0 fully saturated rings. The second-order valence-corrected chi connectivity index (χ2v) is 2.48. The summed E-state index contributed by atoms with van der Waals surface area (Å²) >= 11 is 0. The van der Waals surface area contributed by atoms with Crippen molar-refractivity contribution in [2.75, 3.05) is 14.2 Å². The summed E-state index contributed by atoms with van der Waals surface area (Å²) in [5, 5.41) is 0. The van der Waals surface area contributed by atoms with Crippen LogP contribution in [-0.2, 0) is 4.74 Å². The summed E-state index contributed by atoms with van der Waals surface area (Å²) in [6.45, 7) is 0. The Kier molecular flexibility index (Phi) is 3.30. The molecule has 0 amide bonds. The summed E-state index contributed by atoms with van der Waals surface area (Å²) in [6.07, 6.45) is 0. The summed E-state index contributed by atoms with van der Waals surface area (Å²) in [4.78, 5) is 15.7. The van der Waals surface area contributed by atoms with Gasteiger partial charge in [-0.1, -0.05) is 0 Å². The van der Waals surface area contributed by atoms with E-state index in [1.165, 1.54) is 32.4 Å². The number of benzene rings is 1. The van der Waals surface area contributed by atoms with Gasteiger partial charge in [-0.15, -0.1) is 0 Å². The molecule has 0 aliphatic rings. The first-order valence-electron chi connectivity index (χ1n) is 3.86. The molecule has 0 radical (unpaired) electrons. The van der Waals surface area contributed by atoms with Crippen LogP contribution in [0.4, 0.5) is 0 Å². The van der Waals surface area contributed by atoms with E-state index in [1.807, 2.05) is 0 Å². The Morgan fingerprint density at radius 1 is 1.29 bits per heavy atom. The lowest BCUT2D eigenvalue weighted by Crippen LogP contribution is -2.06. The van der Waals surface area contributed by atoms with Gasteiger partial charge in [-0.3, -0.25) is 0 Å². The minimum Gasteiger partial charge on any atom is -0.493 e. The number of ether oxygens (including phenoxy) is 2. The molecule has 0 aliphatic carbocycles. The molecule has 0 saturated heterocycles. The zero-order valence-electron chi connectivity index (χ0n) is 7.94. The number of carbonyl (C=O) groups excluding carboxylic acids is 1. The van der Waals surface area contributed by atoms with Gasteiger partial charge in [0.05, 0.1) is 19.8 Å². The summed E-state index contributed by atoms with van der Waals surface area (Å²) < 4.78 is 9.50. The van der Waals surface area contributed by atoms with Crippen molar-refractivity contribution in [3.63, 3.8) is 0 Å². The summed E-state index contributed by atoms with van der Waals surface area (Å²) in [6, 6.07) is 4.57. The molecular weight excluding hydrogens is 186 g/mol. The zero-order chi connectivity index (χ0) is 10.6. The molecule has 0 bridgehead atoms. The molecular formula is C9H11NO4. The Morgan fingerprint density at radius 2 is 2.00 bits per heavy atom. The fourth-order valence-corrected chi connectivity index (χ4v) is 1.01. The molecule has 76 valence electrons. The third-order valence-corrected chi connectivity index (χ3v) is 1.71. The summed E-state index contributed by atoms with van der Waals surface area (Å²) in [7, 11) is 2.76. The number of hydrogen-bond donors (Lipinski definition) is 1. The third kappa shape index (κ3) is 1.94. The number of methoxy groups -OCH3 is 2. The largest absolute Gasteiger partial charge is 0.493 e. The van der Waals surface area contributed by atoms with Gasteiger partial charge in [0, 0.05) is 0 Å². The van der Waals surface area contributed by atoms with E-state index in [9.17, 15) is 4.79 Å². The van der Waals surface area contributed by atoms with E-state index in [4.69, 9.17) is 10.6 Å². The normalized spacial score (nSPS) is 9.36. The number of carbonyl (C=O) groups is 1. The minimum atomic E-state index is -0.438. The van der Waals surface area contributed by atoms with Crippen molar-refractivity contribution in [1.82, 2.24) is 0 Å². The number of esters is 1. The molecule has 14 heavy (non-hydrogen) atoms. The van der Waals surface area contributed by atoms with Gasteiger partial charge in [-0.05, 0) is 18.2 Å². The van der Waals surface area contributed by atoms with Crippen molar-refractivity contribution in [2.24, 2.45) is 5.90 Å². The van der Waals surface area contributed by atoms with Gasteiger partial charge in [0.25, 0.3) is 0 Å². The van der Waals surface area contributed by atoms with Crippen molar-refractivity contribution in [2.45, 2.75) is 0 Å². The lowest BCUT2D eigenvalue weighted by Gasteiger charge is -2.07. The van der Waals surface area contributed by atoms with Gasteiger partial charge in [0.1, 0.15) is 0 Å². The first-order valence-corrected chi connectivity index (χ1v) is 3.86. The highest BCUT2D eigenvalue weighted by atomic mass is 16.6. The lowest BCUT2D eigenvalue weighted by molar-refractivity contribution is 0.0600. The van der Waals surface area contributed by atoms with Crippen LogP contribution in [0.25, 0.3) is 0 Å². The Bertz CT molecular complexity index is 338. The monoisotopic (exact) mass is 197 g/mol. The van der Waals surface area contributed by atoms with E-state index in [-0.39, 0.29) is 0 Å². The van der Waals surface area contributed by atoms with Gasteiger partial charge in [-0.2, -0.15) is 5.90 Å². The van der Waals surface area contributed by atoms with Crippen LogP contribution in [0, 0.1) is 0 Å². The van der Waals surface area contributed by atoms with E-state index in [0.29, 0.717) is 17.1 Å². The minimum absolute atomic E-state index is 0.361. The first-order chi connectivity index (χ1) is 6.72. The van der Waals surface area contributed by atoms with Gasteiger partial charge >= 0.3 is 5.97 Å². The highest BCUT2D eigenvalue weighted by molar-refractivity contribution is 5.90. The maximum absolute atomic E-state index is 11.1. The maximum Gasteiger partial charge on any atom is 0.337 e. The Labute approximate surface area is 81.3 Å². The lowest BCUT2D eigenvalue weighted by atomic mass is 10.2. The molecule has 0 atom stereocenters. The summed E-state index contributed by atoms with van der Waals surface area (Å²) in [5.41, 5.74) is 0.380. The predicted octanol–water partition coefficient (Wildman–Crippen LogP) is 0.734. The molecule has 1 rings (SSSR count). The Morgan fingerprint density at radius 3 is 2.50 bits per heavy atom. The van der Waals surface area contributed by atoms with Crippen molar-refractivity contribution in [3.05, 3.63) is 23.8 Å². The number of rotatable bonds is 3. The number of nitrogens with two attached hydrogens (primary N) is 1. The van der Waals surface area contributed by atoms with E-state index in [0.717, 1.165) is 0 Å². The van der Waals surface area contributed by atoms with Crippen LogP contribution < -0.4 is 15.5 Å². The molecule has 0 heterocycles. The van der Waals surface area contributed by atoms with E-state index >= 15 is 0 Å². The molecule has 5 nitrogen and oxygen atoms in total. The molecule has 5 heteroatoms. The molecule has 1 aromatic rings. The predicted molar refractivity (Wildman–Crippen MR) is 49.1 cm³/mol. The van der Waals surface area contributed by atoms with Crippen LogP contribution in [0.1, 0.15) is 10.4 Å². The molecule has 0 aliphatic heterocycles. The van der Waals surface area contributed by atoms with Crippen LogP contribution in [0.5, 0.6) is 11.5 Å². The van der Waals surface area contributed by atoms with Crippen LogP contribution in [0.15, 0.2) is 18.2 Å². The topological polar surface area (TPSA) is 70.8 Å². The van der Waals surface area contributed by atoms with Crippen molar-refractivity contribution >= 4 is 5.97 Å². The highest BCUT2D eigenvalue weighted by Gasteiger charge is 2.10. The van der Waals surface area contributed by atoms with Crippen molar-refractivity contribution < 1.29 is 19.1 Å². The highest BCUT2D eigenvalue weighted by Crippen LogP contribution is 2.27. The van der Waals surface area contributed by atoms with Crippen LogP contribution in [-0.4, -0.2) is 20.2 Å². The zero-order valence-corrected chi connectivity index (χ0v) is 7.94. The molecule has 0 spiro atoms. The van der Waals surface area contributed by atoms with Gasteiger partial charge in [-0.25, -0.2) is 4.79 Å². The van der Waals surface area contributed by atoms with Gasteiger partial charge < -0.3 is 14.3 Å². The first kappa shape index (κ1) is 10.3.